The maximum absolute atomic E-state index is 11.4. The van der Waals surface area contributed by atoms with Gasteiger partial charge in [0.2, 0.25) is 5.89 Å². The lowest BCUT2D eigenvalue weighted by Crippen LogP contribution is -2.19. The van der Waals surface area contributed by atoms with Gasteiger partial charge >= 0.3 is 0 Å². The van der Waals surface area contributed by atoms with E-state index in [2.05, 4.69) is 56.5 Å². The Hall–Kier alpha value is -1.18. The summed E-state index contributed by atoms with van der Waals surface area (Å²) in [5.74, 6) is 2.53. The Morgan fingerprint density at radius 1 is 1.13 bits per heavy atom. The molecule has 7 heteroatoms. The molecule has 2 aromatic rings. The van der Waals surface area contributed by atoms with Crippen LogP contribution in [0.25, 0.3) is 0 Å². The Balaban J connectivity index is 0.000000801. The molecule has 0 spiro atoms. The number of oxazole rings is 1. The van der Waals surface area contributed by atoms with Gasteiger partial charge in [-0.25, -0.2) is 9.97 Å². The zero-order valence-electron chi connectivity index (χ0n) is 19.1. The summed E-state index contributed by atoms with van der Waals surface area (Å²) in [6, 6.07) is 0. The second kappa shape index (κ2) is 14.8. The quantitative estimate of drug-likeness (QED) is 0.375. The molecule has 0 saturated carbocycles. The molecule has 0 N–H and O–H groups in total. The third-order valence-electron chi connectivity index (χ3n) is 4.12. The number of nitrogens with zero attached hydrogens (tertiary/aromatic N) is 3. The van der Waals surface area contributed by atoms with E-state index in [1.54, 1.807) is 29.3 Å². The highest BCUT2D eigenvalue weighted by Gasteiger charge is 2.19. The molecule has 0 fully saturated rings. The average molecular weight is 456 g/mol. The fourth-order valence-corrected chi connectivity index (χ4v) is 4.37. The van der Waals surface area contributed by atoms with Gasteiger partial charge in [0.25, 0.3) is 0 Å². The van der Waals surface area contributed by atoms with Crippen LogP contribution in [-0.2, 0) is 22.4 Å². The molecule has 2 rings (SSSR count). The Bertz CT molecular complexity index is 714. The Labute approximate surface area is 192 Å². The predicted molar refractivity (Wildman–Crippen MR) is 131 cm³/mol. The number of thioether (sulfide) groups is 1. The number of Topliss-reactive ketones (excluding diaryl/α,β-unsaturated/α-hetero) is 1. The minimum Gasteiger partial charge on any atom is -0.444 e. The Kier molecular flexibility index (Phi) is 14.2. The molecule has 0 unspecified atom stereocenters. The molecule has 0 saturated heterocycles. The summed E-state index contributed by atoms with van der Waals surface area (Å²) in [6.45, 7) is 15.1. The standard InChI is InChI=1S/C15H20N2O2S2.C7H17N.CH4/c1-5-10(18)6-13-17-8-14(21-13)20-9-12-16-7-11(19-12)15(2,3)4;1-4-6-8(3)7-5-2;/h7-8H,5-6,9H2,1-4H3;4-7H2,1-3H3;1H4. The van der Waals surface area contributed by atoms with E-state index < -0.39 is 0 Å². The van der Waals surface area contributed by atoms with Crippen LogP contribution in [0, 0.1) is 0 Å². The maximum atomic E-state index is 11.4. The van der Waals surface area contributed by atoms with Gasteiger partial charge in [0.05, 0.1) is 28.8 Å². The van der Waals surface area contributed by atoms with Gasteiger partial charge in [0, 0.05) is 11.8 Å². The summed E-state index contributed by atoms with van der Waals surface area (Å²) in [5.41, 5.74) is -0.0198. The monoisotopic (exact) mass is 455 g/mol. The van der Waals surface area contributed by atoms with E-state index in [4.69, 9.17) is 4.42 Å². The van der Waals surface area contributed by atoms with Gasteiger partial charge in [-0.1, -0.05) is 49.0 Å². The summed E-state index contributed by atoms with van der Waals surface area (Å²) in [7, 11) is 2.17. The van der Waals surface area contributed by atoms with Crippen LogP contribution < -0.4 is 0 Å². The maximum Gasteiger partial charge on any atom is 0.204 e. The molecule has 2 aromatic heterocycles. The van der Waals surface area contributed by atoms with Gasteiger partial charge in [-0.3, -0.25) is 4.79 Å². The first-order valence-corrected chi connectivity index (χ1v) is 12.2. The van der Waals surface area contributed by atoms with Crippen LogP contribution in [-0.4, -0.2) is 40.8 Å². The second-order valence-corrected chi connectivity index (χ2v) is 10.5. The number of ketones is 1. The molecule has 5 nitrogen and oxygen atoms in total. The molecule has 0 amide bonds. The lowest BCUT2D eigenvalue weighted by atomic mass is 9.94. The summed E-state index contributed by atoms with van der Waals surface area (Å²) < 4.78 is 6.84. The molecule has 2 heterocycles. The van der Waals surface area contributed by atoms with Crippen molar-refractivity contribution in [3.05, 3.63) is 29.1 Å². The number of aromatic nitrogens is 2. The number of carbonyl (C=O) groups is 1. The highest BCUT2D eigenvalue weighted by atomic mass is 32.2. The molecule has 0 bridgehead atoms. The smallest absolute Gasteiger partial charge is 0.204 e. The number of hydrogen-bond acceptors (Lipinski definition) is 7. The van der Waals surface area contributed by atoms with E-state index in [0.29, 0.717) is 18.6 Å². The molecular weight excluding hydrogens is 414 g/mol. The first kappa shape index (κ1) is 28.8. The van der Waals surface area contributed by atoms with Gasteiger partial charge in [-0.05, 0) is 33.0 Å². The van der Waals surface area contributed by atoms with Crippen molar-refractivity contribution in [1.29, 1.82) is 0 Å². The molecule has 30 heavy (non-hydrogen) atoms. The van der Waals surface area contributed by atoms with Crippen molar-refractivity contribution >= 4 is 28.9 Å². The first-order valence-electron chi connectivity index (χ1n) is 10.4. The van der Waals surface area contributed by atoms with Crippen molar-refractivity contribution in [2.75, 3.05) is 20.1 Å². The molecule has 0 aliphatic rings. The number of hydrogen-bond donors (Lipinski definition) is 0. The average Bonchev–Trinajstić information content (AvgIpc) is 3.30. The summed E-state index contributed by atoms with van der Waals surface area (Å²) in [6.07, 6.45) is 7.17. The van der Waals surface area contributed by atoms with E-state index in [1.165, 1.54) is 25.9 Å². The largest absolute Gasteiger partial charge is 0.444 e. The predicted octanol–water partition coefficient (Wildman–Crippen LogP) is 6.62. The fourth-order valence-electron chi connectivity index (χ4n) is 2.47. The topological polar surface area (TPSA) is 59.2 Å². The minimum absolute atomic E-state index is 0. The SMILES string of the molecule is C.CCC(=O)Cc1ncc(SCc2ncc(C(C)(C)C)o2)s1.CCCN(C)CCC. The van der Waals surface area contributed by atoms with Gasteiger partial charge < -0.3 is 9.32 Å². The van der Waals surface area contributed by atoms with Crippen molar-refractivity contribution < 1.29 is 9.21 Å². The Morgan fingerprint density at radius 3 is 2.27 bits per heavy atom. The van der Waals surface area contributed by atoms with E-state index >= 15 is 0 Å². The normalized spacial score (nSPS) is 11.1. The third-order valence-corrected chi connectivity index (χ3v) is 6.29. The van der Waals surface area contributed by atoms with Crippen LogP contribution in [0.15, 0.2) is 21.0 Å². The molecule has 0 atom stereocenters. The van der Waals surface area contributed by atoms with Crippen LogP contribution in [0.4, 0.5) is 0 Å². The van der Waals surface area contributed by atoms with Crippen LogP contribution in [0.5, 0.6) is 0 Å². The third kappa shape index (κ3) is 11.3. The van der Waals surface area contributed by atoms with E-state index in [9.17, 15) is 4.79 Å². The summed E-state index contributed by atoms with van der Waals surface area (Å²) >= 11 is 3.21. The summed E-state index contributed by atoms with van der Waals surface area (Å²) in [5, 5.41) is 0.882. The molecular formula is C23H41N3O2S2. The van der Waals surface area contributed by atoms with Crippen molar-refractivity contribution in [1.82, 2.24) is 14.9 Å². The molecule has 0 aliphatic heterocycles. The number of rotatable bonds is 10. The van der Waals surface area contributed by atoms with E-state index in [-0.39, 0.29) is 18.6 Å². The van der Waals surface area contributed by atoms with Crippen LogP contribution >= 0.6 is 23.1 Å². The lowest BCUT2D eigenvalue weighted by molar-refractivity contribution is -0.118. The van der Waals surface area contributed by atoms with Crippen molar-refractivity contribution in [3.8, 4) is 0 Å². The van der Waals surface area contributed by atoms with Crippen LogP contribution in [0.1, 0.15) is 84.9 Å². The van der Waals surface area contributed by atoms with Crippen LogP contribution in [0.2, 0.25) is 0 Å². The zero-order chi connectivity index (χ0) is 21.9. The van der Waals surface area contributed by atoms with Gasteiger partial charge in [-0.2, -0.15) is 0 Å². The molecule has 172 valence electrons. The first-order chi connectivity index (χ1) is 13.7. The molecule has 0 aromatic carbocycles. The van der Waals surface area contributed by atoms with E-state index in [1.807, 2.05) is 13.1 Å². The van der Waals surface area contributed by atoms with Crippen LogP contribution in [0.3, 0.4) is 0 Å². The highest BCUT2D eigenvalue weighted by Crippen LogP contribution is 2.30. The number of carbonyl (C=O) groups excluding carboxylic acids is 1. The van der Waals surface area contributed by atoms with Gasteiger partial charge in [0.1, 0.15) is 16.6 Å². The highest BCUT2D eigenvalue weighted by molar-refractivity contribution is 8.00. The van der Waals surface area contributed by atoms with Gasteiger partial charge in [0.15, 0.2) is 0 Å². The minimum atomic E-state index is -0.0198. The zero-order valence-corrected chi connectivity index (χ0v) is 20.7. The second-order valence-electron chi connectivity index (χ2n) is 8.10. The summed E-state index contributed by atoms with van der Waals surface area (Å²) in [4.78, 5) is 22.4. The number of thiazole rings is 1. The van der Waals surface area contributed by atoms with Crippen molar-refractivity contribution in [2.45, 2.75) is 90.0 Å². The van der Waals surface area contributed by atoms with Gasteiger partial charge in [-0.15, -0.1) is 23.1 Å². The van der Waals surface area contributed by atoms with E-state index in [0.717, 1.165) is 20.9 Å². The fraction of sp³-hybridized carbons (Fsp3) is 0.696. The van der Waals surface area contributed by atoms with Crippen molar-refractivity contribution in [3.63, 3.8) is 0 Å². The Morgan fingerprint density at radius 2 is 1.77 bits per heavy atom. The molecule has 0 aliphatic carbocycles. The van der Waals surface area contributed by atoms with Crippen molar-refractivity contribution in [2.24, 2.45) is 0 Å². The molecule has 0 radical (unpaired) electrons. The lowest BCUT2D eigenvalue weighted by Gasteiger charge is -2.12.